The van der Waals surface area contributed by atoms with E-state index in [4.69, 9.17) is 72.6 Å². The first-order valence-electron chi connectivity index (χ1n) is 23.5. The lowest BCUT2D eigenvalue weighted by molar-refractivity contribution is -0.353. The number of benzene rings is 2. The number of ether oxygens (including phenoxy) is 14. The molecule has 2 N–H and O–H groups in total. The van der Waals surface area contributed by atoms with Gasteiger partial charge in [0.1, 0.15) is 86.3 Å². The molecule has 30 nitrogen and oxygen atoms in total. The van der Waals surface area contributed by atoms with Gasteiger partial charge in [0.25, 0.3) is 0 Å². The molecule has 74 heavy (non-hydrogen) atoms. The van der Waals surface area contributed by atoms with E-state index in [2.05, 4.69) is 44.8 Å². The van der Waals surface area contributed by atoms with Gasteiger partial charge in [0.15, 0.2) is 37.6 Å². The highest BCUT2D eigenvalue weighted by Crippen LogP contribution is 2.41. The summed E-state index contributed by atoms with van der Waals surface area (Å²) >= 11 is 0. The molecule has 0 aromatic heterocycles. The van der Waals surface area contributed by atoms with Crippen LogP contribution in [0.4, 0.5) is 0 Å². The molecule has 8 rings (SSSR count). The molecule has 2 aromatic carbocycles. The number of esters is 2. The third kappa shape index (κ3) is 13.1. The fraction of sp³-hybridized carbons (Fsp3) is 0.682. The largest absolute Gasteiger partial charge is 0.467 e. The van der Waals surface area contributed by atoms with E-state index >= 15 is 0 Å². The summed E-state index contributed by atoms with van der Waals surface area (Å²) in [7, 11) is 2.44. The molecule has 6 aliphatic rings. The van der Waals surface area contributed by atoms with Gasteiger partial charge >= 0.3 is 11.9 Å². The molecule has 0 radical (unpaired) electrons. The van der Waals surface area contributed by atoms with E-state index < -0.39 is 148 Å². The molecule has 6 fully saturated rings. The number of carbonyl (C=O) groups is 2. The Bertz CT molecular complexity index is 2370. The third-order valence-electron chi connectivity index (χ3n) is 12.7. The molecule has 0 bridgehead atoms. The molecule has 6 aliphatic heterocycles. The molecule has 6 saturated heterocycles. The first kappa shape index (κ1) is 55.8. The van der Waals surface area contributed by atoms with Crippen LogP contribution in [-0.2, 0) is 75.9 Å². The van der Waals surface area contributed by atoms with Gasteiger partial charge in [-0.3, -0.25) is 0 Å². The molecular weight excluding hydrogens is 985 g/mol. The Balaban J connectivity index is 0.000000216. The minimum Gasteiger partial charge on any atom is -0.467 e. The van der Waals surface area contributed by atoms with Crippen molar-refractivity contribution in [2.75, 3.05) is 40.6 Å². The number of fused-ring (bicyclic) bond motifs is 2. The summed E-state index contributed by atoms with van der Waals surface area (Å²) in [4.78, 5) is 35.1. The summed E-state index contributed by atoms with van der Waals surface area (Å²) in [5, 5.41) is 36.1. The minimum atomic E-state index is -1.30. The number of methoxy groups -OCH3 is 2. The van der Waals surface area contributed by atoms with Crippen molar-refractivity contribution in [3.05, 3.63) is 114 Å². The topological polar surface area (TPSA) is 399 Å². The van der Waals surface area contributed by atoms with Crippen LogP contribution in [0.1, 0.15) is 50.4 Å². The summed E-state index contributed by atoms with van der Waals surface area (Å²) in [6, 6.07) is 16.1. The first-order valence-corrected chi connectivity index (χ1v) is 23.5. The summed E-state index contributed by atoms with van der Waals surface area (Å²) < 4.78 is 80.6. The van der Waals surface area contributed by atoms with Crippen molar-refractivity contribution in [3.63, 3.8) is 0 Å². The summed E-state index contributed by atoms with van der Waals surface area (Å²) in [5.41, 5.74) is 37.9. The number of rotatable bonds is 18. The predicted octanol–water partition coefficient (Wildman–Crippen LogP) is 4.51. The fourth-order valence-electron chi connectivity index (χ4n) is 9.12. The average Bonchev–Trinajstić information content (AvgIpc) is 3.90. The standard InChI is InChI=1S/2C22H28N6O9/c1-3-12-17(16(30)20(34-12)26-28-24)36-22-15(25-27-23)19(32-10-14(29)31-2)18-13(35-22)9-33-21(37-18)11-7-5-4-6-8-11;1-3-12-16(30)19(20(34-12)26-28-24)37-22-15(25-27-23)18(32-10-14(29)31-2)17-13(35-22)9-33-21(36-17)11-7-5-4-6-8-11/h2*4-8,12-13,15-22,30H,3,9-10H2,1-2H3/t2*12-,13?,15?,16?,17-,18-,19-,20?,21?,22?/m11/s1. The van der Waals surface area contributed by atoms with Crippen LogP contribution in [0.2, 0.25) is 0 Å². The quantitative estimate of drug-likeness (QED) is 0.0897. The van der Waals surface area contributed by atoms with Crippen molar-refractivity contribution < 1.29 is 86.1 Å². The zero-order valence-corrected chi connectivity index (χ0v) is 40.4. The number of carbonyl (C=O) groups excluding carboxylic acids is 2. The summed E-state index contributed by atoms with van der Waals surface area (Å²) in [6.07, 6.45) is -16.4. The molecule has 30 heteroatoms. The van der Waals surface area contributed by atoms with Crippen LogP contribution in [0.3, 0.4) is 0 Å². The second-order valence-electron chi connectivity index (χ2n) is 17.1. The maximum absolute atomic E-state index is 11.9. The van der Waals surface area contributed by atoms with Gasteiger partial charge in [0.05, 0.1) is 39.6 Å². The van der Waals surface area contributed by atoms with E-state index in [9.17, 15) is 30.9 Å². The van der Waals surface area contributed by atoms with Gasteiger partial charge in [-0.25, -0.2) is 9.59 Å². The lowest BCUT2D eigenvalue weighted by atomic mass is 9.95. The minimum absolute atomic E-state index is 0.0617. The van der Waals surface area contributed by atoms with Crippen LogP contribution in [0.15, 0.2) is 81.1 Å². The molecule has 0 spiro atoms. The van der Waals surface area contributed by atoms with Gasteiger partial charge in [-0.05, 0) is 35.0 Å². The van der Waals surface area contributed by atoms with Crippen LogP contribution < -0.4 is 0 Å². The van der Waals surface area contributed by atoms with Gasteiger partial charge < -0.3 is 76.5 Å². The van der Waals surface area contributed by atoms with Gasteiger partial charge in [0, 0.05) is 30.8 Å². The van der Waals surface area contributed by atoms with Gasteiger partial charge in [-0.2, -0.15) is 0 Å². The number of nitrogens with zero attached hydrogens (tertiary/aromatic N) is 12. The van der Waals surface area contributed by atoms with Gasteiger partial charge in [-0.1, -0.05) is 95.0 Å². The normalized spacial score (nSPS) is 37.1. The highest BCUT2D eigenvalue weighted by Gasteiger charge is 2.56. The number of aliphatic hydroxyl groups is 2. The SMILES string of the molecule is CC[C@H]1OC(N=[N+]=[N-])C(O)[C@@H]1OC1OC2COC(c3ccccc3)O[C@H]2[C@H](OCC(=O)OC)C1N=[N+]=[N-].CC[C@H]1OC(N=[N+]=[N-])[C@H](OC2OC3COC(c4ccccc4)O[C@H]3[C@H](OCC(=O)OC)C2N=[N+]=[N-])C1O. The lowest BCUT2D eigenvalue weighted by Crippen LogP contribution is -2.63. The fourth-order valence-corrected chi connectivity index (χ4v) is 9.12. The van der Waals surface area contributed by atoms with Crippen LogP contribution in [0.5, 0.6) is 0 Å². The monoisotopic (exact) mass is 1040 g/mol. The lowest BCUT2D eigenvalue weighted by Gasteiger charge is -2.48. The van der Waals surface area contributed by atoms with Crippen molar-refractivity contribution in [1.29, 1.82) is 0 Å². The van der Waals surface area contributed by atoms with Crippen molar-refractivity contribution in [2.24, 2.45) is 20.5 Å². The highest BCUT2D eigenvalue weighted by molar-refractivity contribution is 5.70. The molecular formula is C44H56N12O18. The second kappa shape index (κ2) is 27.0. The van der Waals surface area contributed by atoms with Crippen LogP contribution in [0.25, 0.3) is 41.8 Å². The van der Waals surface area contributed by atoms with Gasteiger partial charge in [0.2, 0.25) is 0 Å². The maximum Gasteiger partial charge on any atom is 0.331 e. The average molecular weight is 1040 g/mol. The predicted molar refractivity (Wildman–Crippen MR) is 245 cm³/mol. The molecule has 0 aliphatic carbocycles. The van der Waals surface area contributed by atoms with Crippen molar-refractivity contribution in [2.45, 2.75) is 150 Å². The van der Waals surface area contributed by atoms with Crippen LogP contribution >= 0.6 is 0 Å². The smallest absolute Gasteiger partial charge is 0.331 e. The van der Waals surface area contributed by atoms with E-state index in [1.807, 2.05) is 67.6 Å². The molecule has 12 unspecified atom stereocenters. The molecule has 0 amide bonds. The second-order valence-corrected chi connectivity index (χ2v) is 17.1. The Morgan fingerprint density at radius 3 is 1.43 bits per heavy atom. The Hall–Kier alpha value is -5.94. The van der Waals surface area contributed by atoms with E-state index in [1.165, 1.54) is 14.2 Å². The Labute approximate surface area is 421 Å². The number of aliphatic hydroxyl groups excluding tert-OH is 2. The number of hydrogen-bond acceptors (Lipinski definition) is 22. The molecule has 6 heterocycles. The summed E-state index contributed by atoms with van der Waals surface area (Å²) in [6.45, 7) is 2.84. The number of hydrogen-bond donors (Lipinski definition) is 2. The van der Waals surface area contributed by atoms with Crippen molar-refractivity contribution in [3.8, 4) is 0 Å². The van der Waals surface area contributed by atoms with E-state index in [0.29, 0.717) is 12.8 Å². The third-order valence-corrected chi connectivity index (χ3v) is 12.7. The van der Waals surface area contributed by atoms with E-state index in [-0.39, 0.29) is 13.2 Å². The molecule has 20 atom stereocenters. The zero-order chi connectivity index (χ0) is 52.7. The molecule has 400 valence electrons. The van der Waals surface area contributed by atoms with Crippen molar-refractivity contribution in [1.82, 2.24) is 0 Å². The zero-order valence-electron chi connectivity index (χ0n) is 40.4. The summed E-state index contributed by atoms with van der Waals surface area (Å²) in [5.74, 6) is -1.30. The number of azide groups is 4. The Morgan fingerprint density at radius 2 is 1.00 bits per heavy atom. The van der Waals surface area contributed by atoms with Crippen LogP contribution in [0, 0.1) is 0 Å². The first-order chi connectivity index (χ1) is 36.0. The maximum atomic E-state index is 11.9. The van der Waals surface area contributed by atoms with E-state index in [1.54, 1.807) is 6.92 Å². The van der Waals surface area contributed by atoms with Crippen LogP contribution in [-0.4, -0.2) is 173 Å². The van der Waals surface area contributed by atoms with Gasteiger partial charge in [-0.15, -0.1) is 0 Å². The van der Waals surface area contributed by atoms with E-state index in [0.717, 1.165) is 11.1 Å². The highest BCUT2D eigenvalue weighted by atomic mass is 16.8. The molecule has 0 saturated carbocycles. The Morgan fingerprint density at radius 1 is 0.568 bits per heavy atom. The Kier molecular flexibility index (Phi) is 20.4. The molecule has 2 aromatic rings. The van der Waals surface area contributed by atoms with Crippen molar-refractivity contribution >= 4 is 11.9 Å².